The molecule has 0 aliphatic rings. The minimum Gasteiger partial charge on any atom is -0.348 e. The Kier molecular flexibility index (Phi) is 6.24. The summed E-state index contributed by atoms with van der Waals surface area (Å²) in [6, 6.07) is 13.2. The molecule has 0 aliphatic carbocycles. The van der Waals surface area contributed by atoms with Crippen LogP contribution >= 0.6 is 23.2 Å². The van der Waals surface area contributed by atoms with Gasteiger partial charge in [-0.3, -0.25) is 4.79 Å². The molecule has 29 heavy (non-hydrogen) atoms. The number of carbonyl (C=O) groups is 1. The molecule has 0 unspecified atom stereocenters. The molecule has 1 aromatic heterocycles. The van der Waals surface area contributed by atoms with Crippen molar-refractivity contribution in [3.05, 3.63) is 81.6 Å². The maximum atomic E-state index is 13.5. The summed E-state index contributed by atoms with van der Waals surface area (Å²) in [4.78, 5) is 19.6. The van der Waals surface area contributed by atoms with Crippen molar-refractivity contribution in [2.75, 3.05) is 5.32 Å². The van der Waals surface area contributed by atoms with Gasteiger partial charge in [0.05, 0.1) is 15.6 Å². The lowest BCUT2D eigenvalue weighted by Gasteiger charge is -2.14. The number of anilines is 2. The Labute approximate surface area is 173 Å². The van der Waals surface area contributed by atoms with Crippen LogP contribution in [0.3, 0.4) is 0 Å². The van der Waals surface area contributed by atoms with Gasteiger partial charge in [0.2, 0.25) is 5.95 Å². The van der Waals surface area contributed by atoms with Crippen LogP contribution in [0.2, 0.25) is 10.0 Å². The summed E-state index contributed by atoms with van der Waals surface area (Å²) < 4.78 is 40.4. The Morgan fingerprint density at radius 3 is 2.41 bits per heavy atom. The van der Waals surface area contributed by atoms with E-state index in [0.717, 1.165) is 11.8 Å². The highest BCUT2D eigenvalue weighted by Gasteiger charge is 2.38. The fourth-order valence-electron chi connectivity index (χ4n) is 2.40. The Hall–Kier alpha value is -2.84. The van der Waals surface area contributed by atoms with E-state index in [1.807, 2.05) is 0 Å². The molecule has 3 rings (SSSR count). The molecule has 10 heteroatoms. The quantitative estimate of drug-likeness (QED) is 0.551. The number of carbonyl (C=O) groups excluding carboxylic acids is 1. The number of hydrogen-bond donors (Lipinski definition) is 2. The van der Waals surface area contributed by atoms with Crippen molar-refractivity contribution in [1.82, 2.24) is 15.3 Å². The summed E-state index contributed by atoms with van der Waals surface area (Å²) in [7, 11) is 0. The maximum absolute atomic E-state index is 13.5. The molecule has 2 N–H and O–H groups in total. The van der Waals surface area contributed by atoms with Crippen LogP contribution in [0.1, 0.15) is 21.6 Å². The van der Waals surface area contributed by atoms with Gasteiger partial charge >= 0.3 is 6.18 Å². The average molecular weight is 441 g/mol. The second kappa shape index (κ2) is 8.67. The number of halogens is 5. The molecule has 0 saturated carbocycles. The smallest absolute Gasteiger partial charge is 0.348 e. The molecule has 0 radical (unpaired) electrons. The monoisotopic (exact) mass is 440 g/mol. The number of alkyl halides is 3. The van der Waals surface area contributed by atoms with Gasteiger partial charge in [-0.05, 0) is 23.8 Å². The van der Waals surface area contributed by atoms with Gasteiger partial charge in [-0.2, -0.15) is 13.2 Å². The molecule has 2 aromatic carbocycles. The van der Waals surface area contributed by atoms with Crippen molar-refractivity contribution in [3.63, 3.8) is 0 Å². The standard InChI is InChI=1S/C19H13Cl2F3N4O/c20-14-7-6-12(8-15(14)21)27-18-26-10-13(16(28-18)19(22,23)24)17(29)25-9-11-4-2-1-3-5-11/h1-8,10H,9H2,(H,25,29)(H,26,27,28). The summed E-state index contributed by atoms with van der Waals surface area (Å²) >= 11 is 11.7. The van der Waals surface area contributed by atoms with Crippen molar-refractivity contribution in [1.29, 1.82) is 0 Å². The topological polar surface area (TPSA) is 66.9 Å². The number of nitrogens with one attached hydrogen (secondary N) is 2. The molecule has 150 valence electrons. The van der Waals surface area contributed by atoms with E-state index in [1.54, 1.807) is 30.3 Å². The first-order valence-electron chi connectivity index (χ1n) is 8.22. The molecule has 0 atom stereocenters. The molecule has 5 nitrogen and oxygen atoms in total. The van der Waals surface area contributed by atoms with E-state index in [2.05, 4.69) is 20.6 Å². The van der Waals surface area contributed by atoms with E-state index >= 15 is 0 Å². The van der Waals surface area contributed by atoms with Crippen LogP contribution in [0.4, 0.5) is 24.8 Å². The Bertz CT molecular complexity index is 1030. The summed E-state index contributed by atoms with van der Waals surface area (Å²) in [6.45, 7) is 0.0697. The summed E-state index contributed by atoms with van der Waals surface area (Å²) in [5.74, 6) is -1.27. The Morgan fingerprint density at radius 1 is 1.03 bits per heavy atom. The lowest BCUT2D eigenvalue weighted by Crippen LogP contribution is -2.27. The van der Waals surface area contributed by atoms with E-state index in [4.69, 9.17) is 23.2 Å². The van der Waals surface area contributed by atoms with E-state index in [-0.39, 0.29) is 17.5 Å². The largest absolute Gasteiger partial charge is 0.434 e. The van der Waals surface area contributed by atoms with E-state index in [9.17, 15) is 18.0 Å². The van der Waals surface area contributed by atoms with Crippen LogP contribution in [0.15, 0.2) is 54.7 Å². The van der Waals surface area contributed by atoms with Crippen LogP contribution in [0.25, 0.3) is 0 Å². The first-order valence-corrected chi connectivity index (χ1v) is 8.98. The third kappa shape index (κ3) is 5.36. The predicted molar refractivity (Wildman–Crippen MR) is 104 cm³/mol. The van der Waals surface area contributed by atoms with Gasteiger partial charge in [0.15, 0.2) is 5.69 Å². The highest BCUT2D eigenvalue weighted by Crippen LogP contribution is 2.32. The highest BCUT2D eigenvalue weighted by molar-refractivity contribution is 6.42. The normalized spacial score (nSPS) is 11.2. The Balaban J connectivity index is 1.83. The van der Waals surface area contributed by atoms with Crippen LogP contribution in [-0.2, 0) is 12.7 Å². The van der Waals surface area contributed by atoms with Crippen LogP contribution in [0.5, 0.6) is 0 Å². The van der Waals surface area contributed by atoms with Gasteiger partial charge in [0.1, 0.15) is 0 Å². The maximum Gasteiger partial charge on any atom is 0.434 e. The lowest BCUT2D eigenvalue weighted by atomic mass is 10.2. The van der Waals surface area contributed by atoms with Gasteiger partial charge in [-0.25, -0.2) is 9.97 Å². The molecule has 0 bridgehead atoms. The highest BCUT2D eigenvalue weighted by atomic mass is 35.5. The molecular weight excluding hydrogens is 428 g/mol. The van der Waals surface area contributed by atoms with Gasteiger partial charge in [0.25, 0.3) is 5.91 Å². The van der Waals surface area contributed by atoms with Crippen LogP contribution in [-0.4, -0.2) is 15.9 Å². The van der Waals surface area contributed by atoms with E-state index < -0.39 is 23.3 Å². The lowest BCUT2D eigenvalue weighted by molar-refractivity contribution is -0.141. The molecule has 0 spiro atoms. The third-order valence-corrected chi connectivity index (χ3v) is 4.51. The number of aromatic nitrogens is 2. The van der Waals surface area contributed by atoms with Crippen LogP contribution < -0.4 is 10.6 Å². The van der Waals surface area contributed by atoms with Crippen molar-refractivity contribution >= 4 is 40.7 Å². The van der Waals surface area contributed by atoms with E-state index in [0.29, 0.717) is 10.7 Å². The van der Waals surface area contributed by atoms with Crippen LogP contribution in [0, 0.1) is 0 Å². The Morgan fingerprint density at radius 2 is 1.76 bits per heavy atom. The molecular formula is C19H13Cl2F3N4O. The fraction of sp³-hybridized carbons (Fsp3) is 0.105. The SMILES string of the molecule is O=C(NCc1ccccc1)c1cnc(Nc2ccc(Cl)c(Cl)c2)nc1C(F)(F)F. The summed E-state index contributed by atoms with van der Waals surface area (Å²) in [5, 5.41) is 5.55. The van der Waals surface area contributed by atoms with Crippen molar-refractivity contribution < 1.29 is 18.0 Å². The number of amides is 1. The molecule has 0 aliphatic heterocycles. The average Bonchev–Trinajstić information content (AvgIpc) is 2.69. The van der Waals surface area contributed by atoms with Crippen molar-refractivity contribution in [2.24, 2.45) is 0 Å². The zero-order valence-electron chi connectivity index (χ0n) is 14.6. The minimum absolute atomic E-state index is 0.0697. The second-order valence-corrected chi connectivity index (χ2v) is 6.69. The second-order valence-electron chi connectivity index (χ2n) is 5.88. The molecule has 0 fully saturated rings. The first kappa shape index (κ1) is 20.9. The summed E-state index contributed by atoms with van der Waals surface area (Å²) in [6.07, 6.45) is -4.02. The predicted octanol–water partition coefficient (Wildman–Crippen LogP) is 5.48. The summed E-state index contributed by atoms with van der Waals surface area (Å²) in [5.41, 5.74) is -0.934. The molecule has 0 saturated heterocycles. The molecule has 1 amide bonds. The number of nitrogens with zero attached hydrogens (tertiary/aromatic N) is 2. The van der Waals surface area contributed by atoms with Crippen molar-refractivity contribution in [3.8, 4) is 0 Å². The van der Waals surface area contributed by atoms with Crippen molar-refractivity contribution in [2.45, 2.75) is 12.7 Å². The minimum atomic E-state index is -4.85. The molecule has 3 aromatic rings. The number of rotatable bonds is 5. The van der Waals surface area contributed by atoms with Gasteiger partial charge in [-0.1, -0.05) is 53.5 Å². The first-order chi connectivity index (χ1) is 13.7. The fourth-order valence-corrected chi connectivity index (χ4v) is 2.70. The van der Waals surface area contributed by atoms with Gasteiger partial charge in [0, 0.05) is 18.4 Å². The van der Waals surface area contributed by atoms with E-state index in [1.165, 1.54) is 18.2 Å². The number of benzene rings is 2. The zero-order chi connectivity index (χ0) is 21.0. The van der Waals surface area contributed by atoms with Gasteiger partial charge in [-0.15, -0.1) is 0 Å². The van der Waals surface area contributed by atoms with Gasteiger partial charge < -0.3 is 10.6 Å². The third-order valence-electron chi connectivity index (χ3n) is 3.77. The zero-order valence-corrected chi connectivity index (χ0v) is 16.1. The number of hydrogen-bond acceptors (Lipinski definition) is 4. The molecule has 1 heterocycles.